The second-order valence-electron chi connectivity index (χ2n) is 10.3. The van der Waals surface area contributed by atoms with Crippen molar-refractivity contribution in [1.29, 1.82) is 0 Å². The van der Waals surface area contributed by atoms with E-state index in [1.165, 1.54) is 17.0 Å². The zero-order valence-electron chi connectivity index (χ0n) is 22.4. The van der Waals surface area contributed by atoms with Crippen LogP contribution in [-0.4, -0.2) is 49.5 Å². The number of hydrogen-bond donors (Lipinski definition) is 1. The smallest absolute Gasteiger partial charge is 0.244 e. The highest BCUT2D eigenvalue weighted by atomic mass is 79.9. The first kappa shape index (κ1) is 30.3. The van der Waals surface area contributed by atoms with Gasteiger partial charge in [-0.15, -0.1) is 0 Å². The molecule has 3 aromatic rings. The standard InChI is InChI=1S/C29H33BrFN3O4S/c1-29(2,3)32-28(36)26(18-21-12-6-5-7-13-21)33(19-22-14-8-10-16-24(22)31)27(35)20-34(39(4,37)38)25-17-11-9-15-23(25)30/h5-17,26H,18-20H2,1-4H3,(H,32,36)/t26-/m0/s1. The SMILES string of the molecule is CC(C)(C)NC(=O)[C@H](Cc1ccccc1)N(Cc1ccccc1F)C(=O)CN(c1ccccc1Br)S(C)(=O)=O. The minimum absolute atomic E-state index is 0.150. The van der Waals surface area contributed by atoms with Gasteiger partial charge in [0.1, 0.15) is 18.4 Å². The summed E-state index contributed by atoms with van der Waals surface area (Å²) in [6.45, 7) is 4.67. The van der Waals surface area contributed by atoms with E-state index in [1.54, 1.807) is 36.4 Å². The largest absolute Gasteiger partial charge is 0.350 e. The van der Waals surface area contributed by atoms with Gasteiger partial charge in [-0.1, -0.05) is 60.7 Å². The maximum Gasteiger partial charge on any atom is 0.244 e. The number of nitrogens with one attached hydrogen (secondary N) is 1. The number of carbonyl (C=O) groups excluding carboxylic acids is 2. The van der Waals surface area contributed by atoms with Crippen molar-refractivity contribution in [3.63, 3.8) is 0 Å². The van der Waals surface area contributed by atoms with E-state index in [0.717, 1.165) is 16.1 Å². The summed E-state index contributed by atoms with van der Waals surface area (Å²) in [6, 6.07) is 20.8. The van der Waals surface area contributed by atoms with E-state index in [4.69, 9.17) is 0 Å². The lowest BCUT2D eigenvalue weighted by molar-refractivity contribution is -0.140. The molecule has 3 rings (SSSR count). The molecule has 0 radical (unpaired) electrons. The molecule has 208 valence electrons. The summed E-state index contributed by atoms with van der Waals surface area (Å²) in [7, 11) is -3.90. The molecule has 39 heavy (non-hydrogen) atoms. The number of sulfonamides is 1. The van der Waals surface area contributed by atoms with Gasteiger partial charge in [0, 0.05) is 28.5 Å². The molecule has 10 heteroatoms. The van der Waals surface area contributed by atoms with Crippen LogP contribution in [0.4, 0.5) is 10.1 Å². The quantitative estimate of drug-likeness (QED) is 0.350. The number of carbonyl (C=O) groups is 2. The van der Waals surface area contributed by atoms with Gasteiger partial charge in [0.15, 0.2) is 0 Å². The van der Waals surface area contributed by atoms with Crippen molar-refractivity contribution in [3.05, 3.63) is 100 Å². The number of benzene rings is 3. The minimum atomic E-state index is -3.90. The molecular formula is C29H33BrFN3O4S. The molecule has 0 spiro atoms. The number of halogens is 2. The lowest BCUT2D eigenvalue weighted by atomic mass is 10.0. The minimum Gasteiger partial charge on any atom is -0.350 e. The summed E-state index contributed by atoms with van der Waals surface area (Å²) in [6.07, 6.45) is 1.16. The lowest BCUT2D eigenvalue weighted by Crippen LogP contribution is -2.56. The Hall–Kier alpha value is -3.24. The Balaban J connectivity index is 2.10. The third-order valence-electron chi connectivity index (χ3n) is 5.87. The number of hydrogen-bond acceptors (Lipinski definition) is 4. The summed E-state index contributed by atoms with van der Waals surface area (Å²) in [5, 5.41) is 2.93. The number of amides is 2. The Bertz CT molecular complexity index is 1410. The summed E-state index contributed by atoms with van der Waals surface area (Å²) >= 11 is 3.36. The molecule has 0 heterocycles. The van der Waals surface area contributed by atoms with Crippen LogP contribution in [-0.2, 0) is 32.6 Å². The van der Waals surface area contributed by atoms with E-state index in [1.807, 2.05) is 51.1 Å². The molecule has 0 aliphatic rings. The van der Waals surface area contributed by atoms with Gasteiger partial charge >= 0.3 is 0 Å². The third kappa shape index (κ3) is 8.63. The van der Waals surface area contributed by atoms with Crippen molar-refractivity contribution in [2.24, 2.45) is 0 Å². The van der Waals surface area contributed by atoms with Gasteiger partial charge in [-0.05, 0) is 60.5 Å². The summed E-state index contributed by atoms with van der Waals surface area (Å²) in [5.74, 6) is -1.61. The lowest BCUT2D eigenvalue weighted by Gasteiger charge is -2.35. The average Bonchev–Trinajstić information content (AvgIpc) is 2.85. The molecule has 0 fully saturated rings. The van der Waals surface area contributed by atoms with Crippen molar-refractivity contribution in [2.45, 2.75) is 45.3 Å². The van der Waals surface area contributed by atoms with Gasteiger partial charge in [-0.25, -0.2) is 12.8 Å². The van der Waals surface area contributed by atoms with E-state index in [2.05, 4.69) is 21.2 Å². The molecule has 0 unspecified atom stereocenters. The molecule has 0 aromatic heterocycles. The summed E-state index contributed by atoms with van der Waals surface area (Å²) < 4.78 is 41.9. The van der Waals surface area contributed by atoms with Crippen molar-refractivity contribution < 1.29 is 22.4 Å². The van der Waals surface area contributed by atoms with Crippen LogP contribution in [0.3, 0.4) is 0 Å². The average molecular weight is 619 g/mol. The predicted octanol–water partition coefficient (Wildman–Crippen LogP) is 4.91. The Morgan fingerprint density at radius 2 is 1.54 bits per heavy atom. The van der Waals surface area contributed by atoms with E-state index in [9.17, 15) is 22.4 Å². The zero-order chi connectivity index (χ0) is 28.8. The molecule has 0 saturated carbocycles. The predicted molar refractivity (Wildman–Crippen MR) is 155 cm³/mol. The van der Waals surface area contributed by atoms with Crippen molar-refractivity contribution in [2.75, 3.05) is 17.1 Å². The fraction of sp³-hybridized carbons (Fsp3) is 0.310. The highest BCUT2D eigenvalue weighted by Crippen LogP contribution is 2.28. The highest BCUT2D eigenvalue weighted by Gasteiger charge is 2.35. The van der Waals surface area contributed by atoms with E-state index in [-0.39, 0.29) is 24.2 Å². The maximum atomic E-state index is 14.8. The molecule has 0 aliphatic carbocycles. The molecular weight excluding hydrogens is 585 g/mol. The van der Waals surface area contributed by atoms with E-state index < -0.39 is 45.8 Å². The maximum absolute atomic E-state index is 14.8. The van der Waals surface area contributed by atoms with Gasteiger partial charge in [0.2, 0.25) is 21.8 Å². The molecule has 7 nitrogen and oxygen atoms in total. The molecule has 1 atom stereocenters. The van der Waals surface area contributed by atoms with Gasteiger partial charge in [0.05, 0.1) is 11.9 Å². The number of nitrogens with zero attached hydrogens (tertiary/aromatic N) is 2. The normalized spacial score (nSPS) is 12.5. The molecule has 0 bridgehead atoms. The number of anilines is 1. The van der Waals surface area contributed by atoms with Crippen LogP contribution in [0.1, 0.15) is 31.9 Å². The van der Waals surface area contributed by atoms with Crippen molar-refractivity contribution >= 4 is 43.5 Å². The van der Waals surface area contributed by atoms with Gasteiger partial charge in [-0.2, -0.15) is 0 Å². The Morgan fingerprint density at radius 1 is 0.949 bits per heavy atom. The Labute approximate surface area is 238 Å². The van der Waals surface area contributed by atoms with Crippen LogP contribution in [0.5, 0.6) is 0 Å². The molecule has 3 aromatic carbocycles. The van der Waals surface area contributed by atoms with Crippen LogP contribution >= 0.6 is 15.9 Å². The first-order valence-corrected chi connectivity index (χ1v) is 15.0. The molecule has 0 saturated heterocycles. The highest BCUT2D eigenvalue weighted by molar-refractivity contribution is 9.10. The molecule has 1 N–H and O–H groups in total. The van der Waals surface area contributed by atoms with Gasteiger partial charge in [-0.3, -0.25) is 13.9 Å². The van der Waals surface area contributed by atoms with Crippen molar-refractivity contribution in [3.8, 4) is 0 Å². The van der Waals surface area contributed by atoms with Crippen LogP contribution in [0.15, 0.2) is 83.3 Å². The third-order valence-corrected chi connectivity index (χ3v) is 7.67. The fourth-order valence-electron chi connectivity index (χ4n) is 4.07. The first-order chi connectivity index (χ1) is 18.3. The fourth-order valence-corrected chi connectivity index (χ4v) is 5.54. The Kier molecular flexibility index (Phi) is 9.90. The second kappa shape index (κ2) is 12.7. The first-order valence-electron chi connectivity index (χ1n) is 12.4. The van der Waals surface area contributed by atoms with Gasteiger partial charge in [0.25, 0.3) is 0 Å². The second-order valence-corrected chi connectivity index (χ2v) is 13.0. The monoisotopic (exact) mass is 617 g/mol. The molecule has 0 aliphatic heterocycles. The number of rotatable bonds is 10. The van der Waals surface area contributed by atoms with Crippen LogP contribution in [0, 0.1) is 5.82 Å². The topological polar surface area (TPSA) is 86.8 Å². The summed E-state index contributed by atoms with van der Waals surface area (Å²) in [4.78, 5) is 28.9. The van der Waals surface area contributed by atoms with Crippen LogP contribution < -0.4 is 9.62 Å². The molecule has 2 amide bonds. The van der Waals surface area contributed by atoms with Gasteiger partial charge < -0.3 is 10.2 Å². The number of para-hydroxylation sites is 1. The zero-order valence-corrected chi connectivity index (χ0v) is 24.8. The van der Waals surface area contributed by atoms with Crippen LogP contribution in [0.25, 0.3) is 0 Å². The van der Waals surface area contributed by atoms with Crippen molar-refractivity contribution in [1.82, 2.24) is 10.2 Å². The van der Waals surface area contributed by atoms with E-state index in [0.29, 0.717) is 4.47 Å². The van der Waals surface area contributed by atoms with Crippen LogP contribution in [0.2, 0.25) is 0 Å². The Morgan fingerprint density at radius 3 is 2.13 bits per heavy atom. The summed E-state index contributed by atoms with van der Waals surface area (Å²) in [5.41, 5.74) is 0.674. The van der Waals surface area contributed by atoms with E-state index >= 15 is 0 Å².